The standard InChI is InChI=1S/C9H10BrNO3/c1-3-14-9(12)7-4-6(13-2)5-11-8(7)10/h4-5H,3H2,1-2H3. The van der Waals surface area contributed by atoms with Crippen LogP contribution in [0.3, 0.4) is 0 Å². The molecule has 0 aliphatic heterocycles. The third-order valence-corrected chi connectivity index (χ3v) is 2.18. The molecule has 0 fully saturated rings. The van der Waals surface area contributed by atoms with E-state index < -0.39 is 5.97 Å². The lowest BCUT2D eigenvalue weighted by atomic mass is 10.3. The number of halogens is 1. The highest BCUT2D eigenvalue weighted by atomic mass is 79.9. The van der Waals surface area contributed by atoms with Gasteiger partial charge in [-0.25, -0.2) is 9.78 Å². The Morgan fingerprint density at radius 1 is 1.64 bits per heavy atom. The fraction of sp³-hybridized carbons (Fsp3) is 0.333. The SMILES string of the molecule is CCOC(=O)c1cc(OC)cnc1Br. The third-order valence-electron chi connectivity index (χ3n) is 1.55. The molecule has 0 saturated heterocycles. The molecule has 14 heavy (non-hydrogen) atoms. The van der Waals surface area contributed by atoms with Gasteiger partial charge in [0.2, 0.25) is 0 Å². The van der Waals surface area contributed by atoms with Gasteiger partial charge in [0, 0.05) is 0 Å². The van der Waals surface area contributed by atoms with Gasteiger partial charge in [-0.05, 0) is 28.9 Å². The predicted molar refractivity (Wildman–Crippen MR) is 54.4 cm³/mol. The summed E-state index contributed by atoms with van der Waals surface area (Å²) >= 11 is 3.16. The van der Waals surface area contributed by atoms with Gasteiger partial charge in [0.25, 0.3) is 0 Å². The van der Waals surface area contributed by atoms with Crippen molar-refractivity contribution >= 4 is 21.9 Å². The molecule has 0 unspecified atom stereocenters. The lowest BCUT2D eigenvalue weighted by Gasteiger charge is -2.05. The quantitative estimate of drug-likeness (QED) is 0.616. The molecule has 1 aromatic rings. The van der Waals surface area contributed by atoms with Gasteiger partial charge in [-0.1, -0.05) is 0 Å². The molecule has 4 nitrogen and oxygen atoms in total. The van der Waals surface area contributed by atoms with Crippen molar-refractivity contribution in [1.82, 2.24) is 4.98 Å². The van der Waals surface area contributed by atoms with Crippen molar-refractivity contribution in [3.63, 3.8) is 0 Å². The molecule has 1 rings (SSSR count). The molecule has 5 heteroatoms. The topological polar surface area (TPSA) is 48.4 Å². The number of pyridine rings is 1. The number of rotatable bonds is 3. The Kier molecular flexibility index (Phi) is 3.88. The van der Waals surface area contributed by atoms with Crippen molar-refractivity contribution < 1.29 is 14.3 Å². The van der Waals surface area contributed by atoms with Gasteiger partial charge < -0.3 is 9.47 Å². The Labute approximate surface area is 90.4 Å². The second-order valence-electron chi connectivity index (χ2n) is 2.43. The number of carbonyl (C=O) groups excluding carboxylic acids is 1. The molecule has 1 heterocycles. The van der Waals surface area contributed by atoms with E-state index in [2.05, 4.69) is 20.9 Å². The zero-order chi connectivity index (χ0) is 10.6. The predicted octanol–water partition coefficient (Wildman–Crippen LogP) is 2.03. The molecule has 0 atom stereocenters. The first kappa shape index (κ1) is 11.0. The van der Waals surface area contributed by atoms with E-state index in [0.29, 0.717) is 22.5 Å². The summed E-state index contributed by atoms with van der Waals surface area (Å²) in [5.74, 6) is 0.113. The van der Waals surface area contributed by atoms with Crippen molar-refractivity contribution in [2.45, 2.75) is 6.92 Å². The van der Waals surface area contributed by atoms with E-state index in [4.69, 9.17) is 9.47 Å². The average Bonchev–Trinajstić information content (AvgIpc) is 2.19. The van der Waals surface area contributed by atoms with Gasteiger partial charge in [-0.3, -0.25) is 0 Å². The Balaban J connectivity index is 2.99. The largest absolute Gasteiger partial charge is 0.495 e. The minimum absolute atomic E-state index is 0.336. The number of esters is 1. The number of carbonyl (C=O) groups is 1. The monoisotopic (exact) mass is 259 g/mol. The molecule has 0 N–H and O–H groups in total. The highest BCUT2D eigenvalue weighted by Crippen LogP contribution is 2.20. The summed E-state index contributed by atoms with van der Waals surface area (Å²) in [6.45, 7) is 2.09. The zero-order valence-electron chi connectivity index (χ0n) is 7.91. The number of aromatic nitrogens is 1. The Morgan fingerprint density at radius 2 is 2.36 bits per heavy atom. The van der Waals surface area contributed by atoms with Crippen LogP contribution in [0.4, 0.5) is 0 Å². The highest BCUT2D eigenvalue weighted by molar-refractivity contribution is 9.10. The minimum Gasteiger partial charge on any atom is -0.495 e. The molecule has 0 bridgehead atoms. The second-order valence-corrected chi connectivity index (χ2v) is 3.19. The van der Waals surface area contributed by atoms with E-state index in [1.807, 2.05) is 0 Å². The van der Waals surface area contributed by atoms with Crippen LogP contribution >= 0.6 is 15.9 Å². The molecule has 0 aliphatic rings. The van der Waals surface area contributed by atoms with Crippen molar-refractivity contribution in [3.8, 4) is 5.75 Å². The van der Waals surface area contributed by atoms with Gasteiger partial charge in [0.05, 0.1) is 25.5 Å². The molecule has 0 spiro atoms. The summed E-state index contributed by atoms with van der Waals surface area (Å²) in [5.41, 5.74) is 0.367. The van der Waals surface area contributed by atoms with E-state index in [1.165, 1.54) is 13.3 Å². The molecule has 1 aromatic heterocycles. The van der Waals surface area contributed by atoms with Crippen molar-refractivity contribution in [1.29, 1.82) is 0 Å². The maximum Gasteiger partial charge on any atom is 0.341 e. The van der Waals surface area contributed by atoms with E-state index in [9.17, 15) is 4.79 Å². The summed E-state index contributed by atoms with van der Waals surface area (Å²) < 4.78 is 10.2. The van der Waals surface area contributed by atoms with Gasteiger partial charge in [0.15, 0.2) is 0 Å². The van der Waals surface area contributed by atoms with Crippen LogP contribution in [0.1, 0.15) is 17.3 Å². The van der Waals surface area contributed by atoms with E-state index in [-0.39, 0.29) is 0 Å². The molecule has 0 radical (unpaired) electrons. The van der Waals surface area contributed by atoms with Crippen LogP contribution in [-0.2, 0) is 4.74 Å². The Hall–Kier alpha value is -1.10. The smallest absolute Gasteiger partial charge is 0.341 e. The number of ether oxygens (including phenoxy) is 2. The lowest BCUT2D eigenvalue weighted by Crippen LogP contribution is -2.06. The van der Waals surface area contributed by atoms with Crippen LogP contribution in [-0.4, -0.2) is 24.7 Å². The Bertz CT molecular complexity index is 341. The highest BCUT2D eigenvalue weighted by Gasteiger charge is 2.13. The van der Waals surface area contributed by atoms with E-state index in [0.717, 1.165) is 0 Å². The van der Waals surface area contributed by atoms with Crippen molar-refractivity contribution in [2.24, 2.45) is 0 Å². The van der Waals surface area contributed by atoms with Crippen LogP contribution < -0.4 is 4.74 Å². The van der Waals surface area contributed by atoms with E-state index in [1.54, 1.807) is 13.0 Å². The summed E-state index contributed by atoms with van der Waals surface area (Å²) in [6, 6.07) is 1.58. The van der Waals surface area contributed by atoms with Gasteiger partial charge in [-0.2, -0.15) is 0 Å². The summed E-state index contributed by atoms with van der Waals surface area (Å²) in [6.07, 6.45) is 1.52. The first-order valence-corrected chi connectivity index (χ1v) is 4.85. The average molecular weight is 260 g/mol. The van der Waals surface area contributed by atoms with Gasteiger partial charge >= 0.3 is 5.97 Å². The maximum atomic E-state index is 11.4. The first-order chi connectivity index (χ1) is 6.69. The Morgan fingerprint density at radius 3 is 2.93 bits per heavy atom. The van der Waals surface area contributed by atoms with Crippen LogP contribution in [0.15, 0.2) is 16.9 Å². The van der Waals surface area contributed by atoms with Crippen molar-refractivity contribution in [3.05, 3.63) is 22.4 Å². The van der Waals surface area contributed by atoms with Crippen molar-refractivity contribution in [2.75, 3.05) is 13.7 Å². The van der Waals surface area contributed by atoms with Crippen LogP contribution in [0.2, 0.25) is 0 Å². The normalized spacial score (nSPS) is 9.64. The second kappa shape index (κ2) is 4.95. The summed E-state index contributed by atoms with van der Waals surface area (Å²) in [4.78, 5) is 15.3. The molecule has 0 saturated carbocycles. The fourth-order valence-corrected chi connectivity index (χ4v) is 1.27. The molecule has 76 valence electrons. The summed E-state index contributed by atoms with van der Waals surface area (Å²) in [7, 11) is 1.51. The van der Waals surface area contributed by atoms with Gasteiger partial charge in [-0.15, -0.1) is 0 Å². The molecule has 0 aliphatic carbocycles. The maximum absolute atomic E-state index is 11.4. The van der Waals surface area contributed by atoms with Gasteiger partial charge in [0.1, 0.15) is 10.4 Å². The first-order valence-electron chi connectivity index (χ1n) is 4.05. The number of nitrogens with zero attached hydrogens (tertiary/aromatic N) is 1. The molecule has 0 aromatic carbocycles. The fourth-order valence-electron chi connectivity index (χ4n) is 0.893. The number of hydrogen-bond donors (Lipinski definition) is 0. The lowest BCUT2D eigenvalue weighted by molar-refractivity contribution is 0.0524. The number of methoxy groups -OCH3 is 1. The molecule has 0 amide bonds. The van der Waals surface area contributed by atoms with Crippen LogP contribution in [0.25, 0.3) is 0 Å². The zero-order valence-corrected chi connectivity index (χ0v) is 9.50. The molecular formula is C9H10BrNO3. The van der Waals surface area contributed by atoms with Crippen LogP contribution in [0.5, 0.6) is 5.75 Å². The van der Waals surface area contributed by atoms with E-state index >= 15 is 0 Å². The molecular weight excluding hydrogens is 250 g/mol. The summed E-state index contributed by atoms with van der Waals surface area (Å²) in [5, 5.41) is 0. The minimum atomic E-state index is -0.411. The third kappa shape index (κ3) is 2.45. The number of hydrogen-bond acceptors (Lipinski definition) is 4. The van der Waals surface area contributed by atoms with Crippen LogP contribution in [0, 0.1) is 0 Å².